The summed E-state index contributed by atoms with van der Waals surface area (Å²) in [5, 5.41) is 17.8. The van der Waals surface area contributed by atoms with Gasteiger partial charge in [-0.1, -0.05) is 13.8 Å². The van der Waals surface area contributed by atoms with Crippen molar-refractivity contribution in [2.24, 2.45) is 5.92 Å². The quantitative estimate of drug-likeness (QED) is 0.391. The molecule has 2 N–H and O–H groups in total. The molecule has 0 aliphatic carbocycles. The van der Waals surface area contributed by atoms with Gasteiger partial charge in [-0.3, -0.25) is 14.9 Å². The van der Waals surface area contributed by atoms with Crippen LogP contribution in [0.1, 0.15) is 42.6 Å². The molecule has 2 aliphatic heterocycles. The first-order valence-electron chi connectivity index (χ1n) is 11.9. The Morgan fingerprint density at radius 2 is 2.03 bits per heavy atom. The van der Waals surface area contributed by atoms with Crippen LogP contribution in [0.2, 0.25) is 0 Å². The molecule has 3 aromatic rings. The second kappa shape index (κ2) is 11.6. The Labute approximate surface area is 209 Å². The Hall–Kier alpha value is -4.05. The van der Waals surface area contributed by atoms with Gasteiger partial charge in [0, 0.05) is 42.2 Å². The molecule has 2 aliphatic rings. The normalized spacial score (nSPS) is 14.2. The predicted octanol–water partition coefficient (Wildman–Crippen LogP) is 4.87. The topological polar surface area (TPSA) is 129 Å². The molecular formula is C26H29N5O5. The highest BCUT2D eigenvalue weighted by atomic mass is 16.6. The Morgan fingerprint density at radius 3 is 2.83 bits per heavy atom. The molecule has 6 bridgehead atoms. The minimum atomic E-state index is -0.511. The predicted molar refractivity (Wildman–Crippen MR) is 135 cm³/mol. The van der Waals surface area contributed by atoms with Crippen LogP contribution in [0.3, 0.4) is 0 Å². The SMILES string of the molecule is CC(C)COc1ccc2cc1COCCCCNC(=O)c1ccc(c([N+](=O)[O-])c1)-c1ccnc(n1)N2. The van der Waals surface area contributed by atoms with Crippen molar-refractivity contribution in [2.75, 3.05) is 25.1 Å². The lowest BCUT2D eigenvalue weighted by molar-refractivity contribution is -0.384. The van der Waals surface area contributed by atoms with Gasteiger partial charge >= 0.3 is 0 Å². The number of carbonyl (C=O) groups is 1. The summed E-state index contributed by atoms with van der Waals surface area (Å²) >= 11 is 0. The summed E-state index contributed by atoms with van der Waals surface area (Å²) in [6.07, 6.45) is 2.99. The standard InChI is InChI=1S/C26H29N5O5/c1-17(2)15-36-24-8-6-20-13-19(24)16-35-12-4-3-10-27-25(32)18-5-7-21(23(14-18)31(33)34)22-9-11-28-26(29-20)30-22/h5-9,11,13-14,17H,3-4,10,12,15-16H2,1-2H3,(H,27,32)(H,28,29,30). The van der Waals surface area contributed by atoms with Crippen molar-refractivity contribution in [1.29, 1.82) is 0 Å². The van der Waals surface area contributed by atoms with Crippen LogP contribution in [0.15, 0.2) is 48.7 Å². The maximum atomic E-state index is 12.5. The van der Waals surface area contributed by atoms with E-state index >= 15 is 0 Å². The first kappa shape index (κ1) is 25.1. The molecule has 0 spiro atoms. The number of anilines is 2. The zero-order valence-corrected chi connectivity index (χ0v) is 20.3. The molecular weight excluding hydrogens is 462 g/mol. The molecule has 1 aromatic heterocycles. The number of nitro groups is 1. The highest BCUT2D eigenvalue weighted by molar-refractivity contribution is 5.96. The number of amides is 1. The van der Waals surface area contributed by atoms with E-state index in [9.17, 15) is 14.9 Å². The number of nitrogens with one attached hydrogen (secondary N) is 2. The zero-order valence-electron chi connectivity index (χ0n) is 20.3. The second-order valence-corrected chi connectivity index (χ2v) is 8.92. The molecule has 10 heteroatoms. The van der Waals surface area contributed by atoms with Crippen LogP contribution >= 0.6 is 0 Å². The number of rotatable bonds is 4. The zero-order chi connectivity index (χ0) is 25.5. The molecule has 188 valence electrons. The third-order valence-electron chi connectivity index (χ3n) is 5.54. The molecule has 0 saturated heterocycles. The van der Waals surface area contributed by atoms with Gasteiger partial charge in [0.25, 0.3) is 11.6 Å². The molecule has 3 heterocycles. The third-order valence-corrected chi connectivity index (χ3v) is 5.54. The van der Waals surface area contributed by atoms with E-state index in [0.29, 0.717) is 50.0 Å². The molecule has 0 atom stereocenters. The molecule has 0 fully saturated rings. The molecule has 36 heavy (non-hydrogen) atoms. The lowest BCUT2D eigenvalue weighted by atomic mass is 10.1. The third kappa shape index (κ3) is 6.33. The van der Waals surface area contributed by atoms with Crippen LogP contribution in [0.25, 0.3) is 11.3 Å². The Bertz CT molecular complexity index is 1250. The van der Waals surface area contributed by atoms with Gasteiger partial charge < -0.3 is 20.1 Å². The Kier molecular flexibility index (Phi) is 8.06. The number of aromatic nitrogens is 2. The van der Waals surface area contributed by atoms with E-state index in [4.69, 9.17) is 9.47 Å². The van der Waals surface area contributed by atoms with Crippen LogP contribution < -0.4 is 15.4 Å². The van der Waals surface area contributed by atoms with Gasteiger partial charge in [0.05, 0.1) is 29.4 Å². The highest BCUT2D eigenvalue weighted by Crippen LogP contribution is 2.31. The maximum Gasteiger partial charge on any atom is 0.279 e. The summed E-state index contributed by atoms with van der Waals surface area (Å²) in [4.78, 5) is 32.6. The number of carbonyl (C=O) groups excluding carboxylic acids is 1. The fourth-order valence-electron chi connectivity index (χ4n) is 3.72. The van der Waals surface area contributed by atoms with Crippen LogP contribution in [-0.4, -0.2) is 40.6 Å². The number of ether oxygens (including phenoxy) is 2. The number of hydrogen-bond donors (Lipinski definition) is 2. The molecule has 0 radical (unpaired) electrons. The van der Waals surface area contributed by atoms with E-state index in [2.05, 4.69) is 34.4 Å². The average Bonchev–Trinajstić information content (AvgIpc) is 2.86. The summed E-state index contributed by atoms with van der Waals surface area (Å²) in [5.41, 5.74) is 2.30. The van der Waals surface area contributed by atoms with Crippen LogP contribution in [0.5, 0.6) is 5.75 Å². The fraction of sp³-hybridized carbons (Fsp3) is 0.346. The van der Waals surface area contributed by atoms with E-state index in [1.165, 1.54) is 12.3 Å². The van der Waals surface area contributed by atoms with Gasteiger partial charge in [-0.15, -0.1) is 0 Å². The number of nitrogens with zero attached hydrogens (tertiary/aromatic N) is 3. The van der Waals surface area contributed by atoms with Gasteiger partial charge in [0.15, 0.2) is 0 Å². The van der Waals surface area contributed by atoms with Crippen molar-refractivity contribution in [3.63, 3.8) is 0 Å². The summed E-state index contributed by atoms with van der Waals surface area (Å²) in [6.45, 7) is 6.08. The van der Waals surface area contributed by atoms with E-state index in [1.807, 2.05) is 18.2 Å². The second-order valence-electron chi connectivity index (χ2n) is 8.92. The highest BCUT2D eigenvalue weighted by Gasteiger charge is 2.20. The number of hydrogen-bond acceptors (Lipinski definition) is 8. The number of benzene rings is 2. The maximum absolute atomic E-state index is 12.5. The smallest absolute Gasteiger partial charge is 0.279 e. The molecule has 5 rings (SSSR count). The first-order chi connectivity index (χ1) is 17.4. The first-order valence-corrected chi connectivity index (χ1v) is 11.9. The average molecular weight is 492 g/mol. The fourth-order valence-corrected chi connectivity index (χ4v) is 3.72. The van der Waals surface area contributed by atoms with Crippen LogP contribution in [-0.2, 0) is 11.3 Å². The molecule has 1 amide bonds. The van der Waals surface area contributed by atoms with Crippen molar-refractivity contribution in [3.8, 4) is 17.0 Å². The lowest BCUT2D eigenvalue weighted by Gasteiger charge is -2.15. The van der Waals surface area contributed by atoms with E-state index in [-0.39, 0.29) is 23.1 Å². The summed E-state index contributed by atoms with van der Waals surface area (Å²) in [5.74, 6) is 1.04. The molecule has 2 aromatic carbocycles. The van der Waals surface area contributed by atoms with Gasteiger partial charge in [-0.05, 0) is 55.2 Å². The van der Waals surface area contributed by atoms with E-state index < -0.39 is 4.92 Å². The largest absolute Gasteiger partial charge is 0.493 e. The number of fused-ring (bicyclic) bond motifs is 9. The Balaban J connectivity index is 1.70. The minimum Gasteiger partial charge on any atom is -0.493 e. The van der Waals surface area contributed by atoms with E-state index in [1.54, 1.807) is 18.2 Å². The van der Waals surface area contributed by atoms with Crippen molar-refractivity contribution in [2.45, 2.75) is 33.3 Å². The van der Waals surface area contributed by atoms with Crippen LogP contribution in [0.4, 0.5) is 17.3 Å². The summed E-state index contributed by atoms with van der Waals surface area (Å²) < 4.78 is 11.9. The Morgan fingerprint density at radius 1 is 1.17 bits per heavy atom. The van der Waals surface area contributed by atoms with Crippen molar-refractivity contribution < 1.29 is 19.2 Å². The van der Waals surface area contributed by atoms with E-state index in [0.717, 1.165) is 23.4 Å². The van der Waals surface area contributed by atoms with Crippen molar-refractivity contribution >= 4 is 23.2 Å². The molecule has 0 unspecified atom stereocenters. The molecule has 0 saturated carbocycles. The van der Waals surface area contributed by atoms with Gasteiger partial charge in [0.1, 0.15) is 5.75 Å². The summed E-state index contributed by atoms with van der Waals surface area (Å²) in [7, 11) is 0. The van der Waals surface area contributed by atoms with Crippen LogP contribution in [0, 0.1) is 16.0 Å². The molecule has 10 nitrogen and oxygen atoms in total. The van der Waals surface area contributed by atoms with Gasteiger partial charge in [-0.2, -0.15) is 0 Å². The minimum absolute atomic E-state index is 0.201. The van der Waals surface area contributed by atoms with Crippen molar-refractivity contribution in [1.82, 2.24) is 15.3 Å². The summed E-state index contributed by atoms with van der Waals surface area (Å²) in [6, 6.07) is 11.7. The van der Waals surface area contributed by atoms with Gasteiger partial charge in [-0.25, -0.2) is 9.97 Å². The monoisotopic (exact) mass is 491 g/mol. The lowest BCUT2D eigenvalue weighted by Crippen LogP contribution is -2.24. The van der Waals surface area contributed by atoms with Gasteiger partial charge in [0.2, 0.25) is 5.95 Å². The number of nitro benzene ring substituents is 1. The van der Waals surface area contributed by atoms with Crippen molar-refractivity contribution in [3.05, 3.63) is 69.9 Å².